The largest absolute Gasteiger partial charge is 0.344 e. The Bertz CT molecular complexity index is 886. The number of rotatable bonds is 2. The average Bonchev–Trinajstić information content (AvgIpc) is 2.97. The molecule has 1 aliphatic rings. The van der Waals surface area contributed by atoms with Crippen molar-refractivity contribution in [3.63, 3.8) is 0 Å². The van der Waals surface area contributed by atoms with Crippen LogP contribution in [0.4, 0.5) is 0 Å². The first kappa shape index (κ1) is 13.9. The number of fused-ring (bicyclic) bond motifs is 2. The van der Waals surface area contributed by atoms with Crippen molar-refractivity contribution >= 4 is 16.9 Å². The number of hydrogen-bond acceptors (Lipinski definition) is 4. The van der Waals surface area contributed by atoms with Gasteiger partial charge in [0, 0.05) is 18.3 Å². The predicted molar refractivity (Wildman–Crippen MR) is 85.9 cm³/mol. The third-order valence-electron chi connectivity index (χ3n) is 4.36. The zero-order chi connectivity index (χ0) is 15.8. The molecule has 0 saturated carbocycles. The molecule has 0 bridgehead atoms. The highest BCUT2D eigenvalue weighted by Gasteiger charge is 2.25. The van der Waals surface area contributed by atoms with Crippen molar-refractivity contribution in [2.45, 2.75) is 25.3 Å². The van der Waals surface area contributed by atoms with E-state index in [1.54, 1.807) is 0 Å². The van der Waals surface area contributed by atoms with Crippen LogP contribution >= 0.6 is 0 Å². The number of para-hydroxylation sites is 2. The highest BCUT2D eigenvalue weighted by molar-refractivity contribution is 5.94. The van der Waals surface area contributed by atoms with Gasteiger partial charge in [-0.2, -0.15) is 5.10 Å². The average molecular weight is 307 g/mol. The molecule has 3 aromatic rings. The van der Waals surface area contributed by atoms with Crippen LogP contribution in [0.15, 0.2) is 36.7 Å². The van der Waals surface area contributed by atoms with Crippen LogP contribution in [-0.4, -0.2) is 25.7 Å². The van der Waals surface area contributed by atoms with Crippen molar-refractivity contribution in [3.05, 3.63) is 53.6 Å². The minimum atomic E-state index is -0.190. The molecule has 1 unspecified atom stereocenters. The quantitative estimate of drug-likeness (QED) is 0.787. The van der Waals surface area contributed by atoms with Gasteiger partial charge < -0.3 is 5.32 Å². The molecular formula is C17H17N5O. The van der Waals surface area contributed by atoms with Crippen LogP contribution in [-0.2, 0) is 13.5 Å². The molecule has 1 aromatic carbocycles. The third kappa shape index (κ3) is 2.46. The van der Waals surface area contributed by atoms with Crippen molar-refractivity contribution in [1.29, 1.82) is 0 Å². The highest BCUT2D eigenvalue weighted by Crippen LogP contribution is 2.29. The summed E-state index contributed by atoms with van der Waals surface area (Å²) in [6.07, 6.45) is 6.36. The second-order valence-corrected chi connectivity index (χ2v) is 5.83. The summed E-state index contributed by atoms with van der Waals surface area (Å²) in [6.45, 7) is 0. The lowest BCUT2D eigenvalue weighted by atomic mass is 9.93. The Kier molecular flexibility index (Phi) is 3.29. The van der Waals surface area contributed by atoms with E-state index in [1.807, 2.05) is 42.2 Å². The fourth-order valence-electron chi connectivity index (χ4n) is 3.15. The molecule has 2 aromatic heterocycles. The number of carbonyl (C=O) groups excluding carboxylic acids is 1. The molecule has 0 spiro atoms. The number of nitrogens with zero attached hydrogens (tertiary/aromatic N) is 4. The molecule has 1 aliphatic carbocycles. The number of aryl methyl sites for hydroxylation is 1. The number of carbonyl (C=O) groups is 1. The first-order chi connectivity index (χ1) is 11.2. The zero-order valence-corrected chi connectivity index (χ0v) is 12.9. The van der Waals surface area contributed by atoms with Crippen LogP contribution in [0.5, 0.6) is 0 Å². The Labute approximate surface area is 133 Å². The second kappa shape index (κ2) is 5.46. The Morgan fingerprint density at radius 2 is 2.09 bits per heavy atom. The summed E-state index contributed by atoms with van der Waals surface area (Å²) in [5.74, 6) is -0.190. The fraction of sp³-hybridized carbons (Fsp3) is 0.294. The molecular weight excluding hydrogens is 290 g/mol. The van der Waals surface area contributed by atoms with Crippen molar-refractivity contribution in [2.75, 3.05) is 0 Å². The van der Waals surface area contributed by atoms with Crippen molar-refractivity contribution in [1.82, 2.24) is 25.1 Å². The highest BCUT2D eigenvalue weighted by atomic mass is 16.1. The normalized spacial score (nSPS) is 17.0. The lowest BCUT2D eigenvalue weighted by Gasteiger charge is -2.23. The zero-order valence-electron chi connectivity index (χ0n) is 12.9. The SMILES string of the molecule is Cn1ncc2c1CCCC2NC(=O)c1cnc2ccccc2n1. The third-order valence-corrected chi connectivity index (χ3v) is 4.36. The molecule has 116 valence electrons. The maximum absolute atomic E-state index is 12.5. The first-order valence-corrected chi connectivity index (χ1v) is 7.76. The molecule has 1 N–H and O–H groups in total. The van der Waals surface area contributed by atoms with Gasteiger partial charge in [0.2, 0.25) is 0 Å². The summed E-state index contributed by atoms with van der Waals surface area (Å²) in [4.78, 5) is 21.2. The minimum Gasteiger partial charge on any atom is -0.344 e. The van der Waals surface area contributed by atoms with E-state index in [2.05, 4.69) is 20.4 Å². The van der Waals surface area contributed by atoms with E-state index in [-0.39, 0.29) is 11.9 Å². The molecule has 0 radical (unpaired) electrons. The lowest BCUT2D eigenvalue weighted by molar-refractivity contribution is 0.0927. The van der Waals surface area contributed by atoms with Gasteiger partial charge in [0.15, 0.2) is 0 Å². The van der Waals surface area contributed by atoms with E-state index in [4.69, 9.17) is 0 Å². The van der Waals surface area contributed by atoms with E-state index in [9.17, 15) is 4.79 Å². The predicted octanol–water partition coefficient (Wildman–Crippen LogP) is 2.17. The molecule has 23 heavy (non-hydrogen) atoms. The van der Waals surface area contributed by atoms with Crippen LogP contribution in [0, 0.1) is 0 Å². The van der Waals surface area contributed by atoms with Crippen molar-refractivity contribution < 1.29 is 4.79 Å². The molecule has 4 rings (SSSR count). The number of nitrogens with one attached hydrogen (secondary N) is 1. The van der Waals surface area contributed by atoms with Gasteiger partial charge in [-0.05, 0) is 31.4 Å². The number of aromatic nitrogens is 4. The van der Waals surface area contributed by atoms with Crippen molar-refractivity contribution in [3.8, 4) is 0 Å². The van der Waals surface area contributed by atoms with E-state index < -0.39 is 0 Å². The Hall–Kier alpha value is -2.76. The van der Waals surface area contributed by atoms with Gasteiger partial charge in [-0.3, -0.25) is 14.5 Å². The van der Waals surface area contributed by atoms with Crippen LogP contribution in [0.1, 0.15) is 40.6 Å². The van der Waals surface area contributed by atoms with E-state index >= 15 is 0 Å². The van der Waals surface area contributed by atoms with Gasteiger partial charge in [-0.25, -0.2) is 4.98 Å². The molecule has 0 saturated heterocycles. The molecule has 0 fully saturated rings. The Morgan fingerprint density at radius 3 is 2.96 bits per heavy atom. The standard InChI is InChI=1S/C17H17N5O/c1-22-16-8-4-7-12(11(16)9-19-22)21-17(23)15-10-18-13-5-2-3-6-14(13)20-15/h2-3,5-6,9-10,12H,4,7-8H2,1H3,(H,21,23). The van der Waals surface area contributed by atoms with E-state index in [0.29, 0.717) is 5.69 Å². The van der Waals surface area contributed by atoms with Gasteiger partial charge in [0.25, 0.3) is 5.91 Å². The van der Waals surface area contributed by atoms with Gasteiger partial charge in [0.1, 0.15) is 5.69 Å². The van der Waals surface area contributed by atoms with Gasteiger partial charge in [0.05, 0.1) is 29.5 Å². The van der Waals surface area contributed by atoms with Gasteiger partial charge in [-0.15, -0.1) is 0 Å². The first-order valence-electron chi connectivity index (χ1n) is 7.76. The smallest absolute Gasteiger partial charge is 0.271 e. The molecule has 2 heterocycles. The summed E-state index contributed by atoms with van der Waals surface area (Å²) in [7, 11) is 1.94. The van der Waals surface area contributed by atoms with Crippen LogP contribution < -0.4 is 5.32 Å². The fourth-order valence-corrected chi connectivity index (χ4v) is 3.15. The summed E-state index contributed by atoms with van der Waals surface area (Å²) in [5, 5.41) is 7.38. The summed E-state index contributed by atoms with van der Waals surface area (Å²) in [5.41, 5.74) is 4.17. The van der Waals surface area contributed by atoms with Gasteiger partial charge in [-0.1, -0.05) is 12.1 Å². The van der Waals surface area contributed by atoms with Crippen LogP contribution in [0.25, 0.3) is 11.0 Å². The molecule has 6 heteroatoms. The van der Waals surface area contributed by atoms with Crippen molar-refractivity contribution in [2.24, 2.45) is 7.05 Å². The Balaban J connectivity index is 1.60. The number of benzene rings is 1. The Morgan fingerprint density at radius 1 is 1.26 bits per heavy atom. The molecule has 1 atom stereocenters. The maximum atomic E-state index is 12.5. The van der Waals surface area contributed by atoms with Gasteiger partial charge >= 0.3 is 0 Å². The van der Waals surface area contributed by atoms with Crippen LogP contribution in [0.3, 0.4) is 0 Å². The number of hydrogen-bond donors (Lipinski definition) is 1. The topological polar surface area (TPSA) is 72.7 Å². The minimum absolute atomic E-state index is 0.00628. The summed E-state index contributed by atoms with van der Waals surface area (Å²) >= 11 is 0. The molecule has 1 amide bonds. The maximum Gasteiger partial charge on any atom is 0.271 e. The second-order valence-electron chi connectivity index (χ2n) is 5.83. The lowest BCUT2D eigenvalue weighted by Crippen LogP contribution is -2.31. The van der Waals surface area contributed by atoms with Crippen LogP contribution in [0.2, 0.25) is 0 Å². The molecule has 6 nitrogen and oxygen atoms in total. The molecule has 0 aliphatic heterocycles. The van der Waals surface area contributed by atoms with E-state index in [1.165, 1.54) is 11.9 Å². The monoisotopic (exact) mass is 307 g/mol. The summed E-state index contributed by atoms with van der Waals surface area (Å²) < 4.78 is 1.89. The van der Waals surface area contributed by atoms with E-state index in [0.717, 1.165) is 35.9 Å². The summed E-state index contributed by atoms with van der Waals surface area (Å²) in [6, 6.07) is 7.53. The number of amides is 1.